The highest BCUT2D eigenvalue weighted by molar-refractivity contribution is 7.47. The van der Waals surface area contributed by atoms with Crippen LogP contribution in [0.15, 0.2) is 12.2 Å². The minimum absolute atomic E-state index is 0.167. The molecule has 3 unspecified atom stereocenters. The number of esters is 2. The number of hydrogen-bond acceptors (Lipinski definition) is 9. The summed E-state index contributed by atoms with van der Waals surface area (Å²) in [6.07, 6.45) is 16.2. The van der Waals surface area contributed by atoms with Crippen LogP contribution in [0.3, 0.4) is 0 Å². The molecule has 0 aliphatic carbocycles. The Morgan fingerprint density at radius 2 is 1.11 bits per heavy atom. The van der Waals surface area contributed by atoms with E-state index < -0.39 is 58.4 Å². The van der Waals surface area contributed by atoms with E-state index in [2.05, 4.69) is 19.1 Å². The molecule has 0 amide bonds. The first kappa shape index (κ1) is 36.7. The van der Waals surface area contributed by atoms with Gasteiger partial charge in [-0.1, -0.05) is 70.9 Å². The molecule has 0 saturated carbocycles. The molecule has 0 saturated heterocycles. The Morgan fingerprint density at radius 1 is 0.684 bits per heavy atom. The normalized spacial score (nSPS) is 14.8. The number of rotatable bonds is 26. The van der Waals surface area contributed by atoms with Crippen molar-refractivity contribution in [3.05, 3.63) is 12.2 Å². The van der Waals surface area contributed by atoms with Crippen LogP contribution in [0.4, 0.5) is 0 Å². The topological polar surface area (TPSA) is 149 Å². The molecule has 0 aliphatic rings. The molecule has 3 N–H and O–H groups in total. The number of phosphoric acid groups is 1. The second kappa shape index (κ2) is 24.7. The van der Waals surface area contributed by atoms with E-state index >= 15 is 0 Å². The number of carbonyl (C=O) groups is 2. The Kier molecular flexibility index (Phi) is 23.9. The maximum atomic E-state index is 12.1. The van der Waals surface area contributed by atoms with Crippen LogP contribution in [-0.4, -0.2) is 65.7 Å². The molecule has 0 heterocycles. The predicted octanol–water partition coefficient (Wildman–Crippen LogP) is 5.38. The van der Waals surface area contributed by atoms with Gasteiger partial charge < -0.3 is 24.6 Å². The lowest BCUT2D eigenvalue weighted by Crippen LogP contribution is -2.28. The van der Waals surface area contributed by atoms with Crippen LogP contribution in [0.1, 0.15) is 110 Å². The fourth-order valence-electron chi connectivity index (χ4n) is 3.44. The maximum Gasteiger partial charge on any atom is 0.472 e. The highest BCUT2D eigenvalue weighted by Crippen LogP contribution is 2.43. The van der Waals surface area contributed by atoms with Crippen molar-refractivity contribution in [3.8, 4) is 0 Å². The lowest BCUT2D eigenvalue weighted by molar-refractivity contribution is -0.153. The molecular formula is C27H51O10P. The smallest absolute Gasteiger partial charge is 0.457 e. The molecule has 10 nitrogen and oxygen atoms in total. The van der Waals surface area contributed by atoms with E-state index in [4.69, 9.17) is 18.5 Å². The zero-order valence-electron chi connectivity index (χ0n) is 23.4. The van der Waals surface area contributed by atoms with Gasteiger partial charge in [-0.15, -0.1) is 0 Å². The fourth-order valence-corrected chi connectivity index (χ4v) is 4.22. The molecule has 0 aromatic rings. The third-order valence-electron chi connectivity index (χ3n) is 5.73. The number of aliphatic hydroxyl groups excluding tert-OH is 2. The predicted molar refractivity (Wildman–Crippen MR) is 145 cm³/mol. The number of aliphatic hydroxyl groups is 2. The van der Waals surface area contributed by atoms with E-state index in [-0.39, 0.29) is 12.8 Å². The molecule has 38 heavy (non-hydrogen) atoms. The van der Waals surface area contributed by atoms with Gasteiger partial charge in [-0.2, -0.15) is 0 Å². The first-order chi connectivity index (χ1) is 18.3. The van der Waals surface area contributed by atoms with Crippen molar-refractivity contribution < 1.29 is 47.8 Å². The highest BCUT2D eigenvalue weighted by Gasteiger charge is 2.27. The number of allylic oxidation sites excluding steroid dienone is 2. The quantitative estimate of drug-likeness (QED) is 0.0539. The summed E-state index contributed by atoms with van der Waals surface area (Å²) in [7, 11) is -4.60. The molecule has 0 aliphatic heterocycles. The van der Waals surface area contributed by atoms with Gasteiger partial charge in [0.2, 0.25) is 0 Å². The first-order valence-electron chi connectivity index (χ1n) is 14.1. The Hall–Kier alpha value is -1.29. The number of unbranched alkanes of at least 4 members (excludes halogenated alkanes) is 10. The van der Waals surface area contributed by atoms with Crippen molar-refractivity contribution in [2.75, 3.05) is 26.4 Å². The summed E-state index contributed by atoms with van der Waals surface area (Å²) in [5.74, 6) is -1.07. The van der Waals surface area contributed by atoms with Crippen LogP contribution in [0, 0.1) is 0 Å². The van der Waals surface area contributed by atoms with Crippen LogP contribution in [-0.2, 0) is 32.7 Å². The van der Waals surface area contributed by atoms with Gasteiger partial charge in [-0.05, 0) is 38.5 Å². The number of carbonyl (C=O) groups excluding carboxylic acids is 2. The van der Waals surface area contributed by atoms with Crippen molar-refractivity contribution in [1.82, 2.24) is 0 Å². The van der Waals surface area contributed by atoms with Gasteiger partial charge in [0, 0.05) is 12.8 Å². The maximum absolute atomic E-state index is 12.1. The zero-order valence-corrected chi connectivity index (χ0v) is 24.3. The van der Waals surface area contributed by atoms with Gasteiger partial charge in [0.1, 0.15) is 12.2 Å². The first-order valence-corrected chi connectivity index (χ1v) is 15.6. The third kappa shape index (κ3) is 22.7. The van der Waals surface area contributed by atoms with E-state index in [1.54, 1.807) is 0 Å². The molecule has 0 spiro atoms. The fraction of sp³-hybridized carbons (Fsp3) is 0.852. The average Bonchev–Trinajstić information content (AvgIpc) is 2.90. The Balaban J connectivity index is 4.02. The van der Waals surface area contributed by atoms with Crippen LogP contribution in [0.2, 0.25) is 0 Å². The Bertz CT molecular complexity index is 670. The molecule has 0 aromatic heterocycles. The zero-order chi connectivity index (χ0) is 28.5. The summed E-state index contributed by atoms with van der Waals surface area (Å²) in [6.45, 7) is 1.83. The van der Waals surface area contributed by atoms with Crippen molar-refractivity contribution in [2.24, 2.45) is 0 Å². The number of hydrogen-bond donors (Lipinski definition) is 3. The van der Waals surface area contributed by atoms with Crippen molar-refractivity contribution in [1.29, 1.82) is 0 Å². The van der Waals surface area contributed by atoms with Crippen LogP contribution in [0.5, 0.6) is 0 Å². The standard InChI is InChI=1S/C27H51O10P/c1-3-5-7-8-9-10-11-12-13-14-15-16-17-19-27(31)37-25(21-29)23-35-38(32,33)34-22-24(20-28)36-26(30)18-6-4-2/h10-11,24-25,28-29H,3-9,12-23H2,1-2H3,(H,32,33)/b11-10-. The second-order valence-electron chi connectivity index (χ2n) is 9.38. The summed E-state index contributed by atoms with van der Waals surface area (Å²) < 4.78 is 31.7. The largest absolute Gasteiger partial charge is 0.472 e. The lowest BCUT2D eigenvalue weighted by Gasteiger charge is -2.20. The minimum Gasteiger partial charge on any atom is -0.457 e. The average molecular weight is 567 g/mol. The van der Waals surface area contributed by atoms with Gasteiger partial charge in [0.25, 0.3) is 0 Å². The Morgan fingerprint density at radius 3 is 1.58 bits per heavy atom. The van der Waals surface area contributed by atoms with Crippen LogP contribution >= 0.6 is 7.82 Å². The summed E-state index contributed by atoms with van der Waals surface area (Å²) in [5, 5.41) is 18.7. The van der Waals surface area contributed by atoms with Crippen LogP contribution < -0.4 is 0 Å². The van der Waals surface area contributed by atoms with Crippen molar-refractivity contribution in [2.45, 2.75) is 122 Å². The van der Waals surface area contributed by atoms with E-state index in [1.165, 1.54) is 25.7 Å². The van der Waals surface area contributed by atoms with Crippen LogP contribution in [0.25, 0.3) is 0 Å². The summed E-state index contributed by atoms with van der Waals surface area (Å²) in [6, 6.07) is 0. The van der Waals surface area contributed by atoms with E-state index in [1.807, 2.05) is 6.92 Å². The Labute approximate surface area is 228 Å². The molecule has 11 heteroatoms. The molecular weight excluding hydrogens is 515 g/mol. The summed E-state index contributed by atoms with van der Waals surface area (Å²) in [5.41, 5.74) is 0. The molecule has 0 fully saturated rings. The molecule has 0 bridgehead atoms. The molecule has 224 valence electrons. The van der Waals surface area contributed by atoms with E-state index in [0.29, 0.717) is 12.8 Å². The minimum atomic E-state index is -4.60. The molecule has 0 rings (SSSR count). The molecule has 3 atom stereocenters. The summed E-state index contributed by atoms with van der Waals surface area (Å²) in [4.78, 5) is 33.5. The van der Waals surface area contributed by atoms with Gasteiger partial charge in [-0.3, -0.25) is 18.6 Å². The lowest BCUT2D eigenvalue weighted by atomic mass is 10.1. The monoisotopic (exact) mass is 566 g/mol. The highest BCUT2D eigenvalue weighted by atomic mass is 31.2. The SMILES string of the molecule is CCCCCC/C=C\CCCCCCCC(=O)OC(CO)COP(=O)(O)OCC(CO)OC(=O)CCCC. The molecule has 0 radical (unpaired) electrons. The van der Waals surface area contributed by atoms with Crippen molar-refractivity contribution in [3.63, 3.8) is 0 Å². The third-order valence-corrected chi connectivity index (χ3v) is 6.68. The van der Waals surface area contributed by atoms with Crippen molar-refractivity contribution >= 4 is 19.8 Å². The van der Waals surface area contributed by atoms with Gasteiger partial charge in [-0.25, -0.2) is 4.57 Å². The van der Waals surface area contributed by atoms with E-state index in [0.717, 1.165) is 44.9 Å². The number of phosphoric ester groups is 1. The molecule has 0 aromatic carbocycles. The second-order valence-corrected chi connectivity index (χ2v) is 10.8. The summed E-state index contributed by atoms with van der Waals surface area (Å²) >= 11 is 0. The van der Waals surface area contributed by atoms with E-state index in [9.17, 15) is 29.3 Å². The van der Waals surface area contributed by atoms with Gasteiger partial charge >= 0.3 is 19.8 Å². The number of ether oxygens (including phenoxy) is 2. The van der Waals surface area contributed by atoms with Gasteiger partial charge in [0.05, 0.1) is 26.4 Å². The van der Waals surface area contributed by atoms with Gasteiger partial charge in [0.15, 0.2) is 0 Å².